The van der Waals surface area contributed by atoms with Gasteiger partial charge in [0, 0.05) is 15.3 Å². The molecule has 26 heavy (non-hydrogen) atoms. The highest BCUT2D eigenvalue weighted by atomic mass is 35.5. The zero-order chi connectivity index (χ0) is 18.1. The van der Waals surface area contributed by atoms with E-state index in [4.69, 9.17) is 11.6 Å². The Balaban J connectivity index is 1.78. The van der Waals surface area contributed by atoms with Crippen LogP contribution >= 0.6 is 22.9 Å². The lowest BCUT2D eigenvalue weighted by Crippen LogP contribution is -2.40. The maximum absolute atomic E-state index is 11.6. The third kappa shape index (κ3) is 3.38. The molecule has 3 heterocycles. The van der Waals surface area contributed by atoms with Gasteiger partial charge in [-0.3, -0.25) is 5.32 Å². The van der Waals surface area contributed by atoms with Crippen molar-refractivity contribution in [1.82, 2.24) is 15.5 Å². The third-order valence-corrected chi connectivity index (χ3v) is 5.85. The molecule has 1 aromatic carbocycles. The molecule has 8 heteroatoms. The van der Waals surface area contributed by atoms with Gasteiger partial charge < -0.3 is 10.4 Å². The molecule has 6 nitrogen and oxygen atoms in total. The van der Waals surface area contributed by atoms with E-state index in [9.17, 15) is 9.90 Å². The summed E-state index contributed by atoms with van der Waals surface area (Å²) >= 11 is 7.37. The molecule has 0 saturated carbocycles. The second-order valence-electron chi connectivity index (χ2n) is 6.21. The number of piperidine rings is 1. The number of carboxylic acids is 1. The summed E-state index contributed by atoms with van der Waals surface area (Å²) in [5, 5.41) is 25.8. The number of nitrogens with one attached hydrogen (secondary N) is 2. The quantitative estimate of drug-likeness (QED) is 0.620. The number of aromatic nitrogens is 2. The van der Waals surface area contributed by atoms with Crippen LogP contribution in [0.15, 0.2) is 30.3 Å². The van der Waals surface area contributed by atoms with Gasteiger partial charge in [0.15, 0.2) is 11.5 Å². The topological polar surface area (TPSA) is 87.1 Å². The molecule has 1 aliphatic rings. The molecule has 3 aromatic rings. The summed E-state index contributed by atoms with van der Waals surface area (Å²) in [6.45, 7) is 0.959. The second-order valence-corrected chi connectivity index (χ2v) is 7.70. The molecule has 1 aliphatic heterocycles. The summed E-state index contributed by atoms with van der Waals surface area (Å²) in [7, 11) is 0. The Labute approximate surface area is 159 Å². The highest BCUT2D eigenvalue weighted by Crippen LogP contribution is 2.38. The van der Waals surface area contributed by atoms with Crippen molar-refractivity contribution in [2.75, 3.05) is 11.9 Å². The van der Waals surface area contributed by atoms with Gasteiger partial charge in [-0.2, -0.15) is 0 Å². The lowest BCUT2D eigenvalue weighted by Gasteiger charge is -2.24. The summed E-state index contributed by atoms with van der Waals surface area (Å²) in [5.41, 5.74) is 0.959. The van der Waals surface area contributed by atoms with Gasteiger partial charge in [-0.1, -0.05) is 23.7 Å². The van der Waals surface area contributed by atoms with Gasteiger partial charge in [-0.15, -0.1) is 21.5 Å². The number of thiophene rings is 1. The number of hydrogen-bond acceptors (Lipinski definition) is 6. The zero-order valence-corrected chi connectivity index (χ0v) is 15.4. The standard InChI is InChI=1S/C18H17ClN4O2S/c19-11-6-4-10(5-7-11)13-9-12-16(26-13)15(18(24)25)22-23-17(12)21-14-3-1-2-8-20-14/h4-7,9,14,20H,1-3,8H2,(H,21,23)(H,24,25). The van der Waals surface area contributed by atoms with Crippen molar-refractivity contribution in [2.24, 2.45) is 0 Å². The molecule has 134 valence electrons. The van der Waals surface area contributed by atoms with Crippen LogP contribution in [0.5, 0.6) is 0 Å². The van der Waals surface area contributed by atoms with Crippen LogP contribution in [0.2, 0.25) is 5.02 Å². The van der Waals surface area contributed by atoms with E-state index in [0.717, 1.165) is 41.6 Å². The lowest BCUT2D eigenvalue weighted by molar-refractivity contribution is 0.0692. The fraction of sp³-hybridized carbons (Fsp3) is 0.278. The van der Waals surface area contributed by atoms with E-state index in [1.165, 1.54) is 11.3 Å². The minimum Gasteiger partial charge on any atom is -0.476 e. The van der Waals surface area contributed by atoms with Crippen LogP contribution in [0.25, 0.3) is 20.5 Å². The van der Waals surface area contributed by atoms with Crippen LogP contribution in [0.1, 0.15) is 29.8 Å². The van der Waals surface area contributed by atoms with Crippen LogP contribution in [0, 0.1) is 0 Å². The third-order valence-electron chi connectivity index (χ3n) is 4.40. The number of carbonyl (C=O) groups is 1. The number of anilines is 1. The Morgan fingerprint density at radius 2 is 2.08 bits per heavy atom. The number of hydrogen-bond donors (Lipinski definition) is 3. The van der Waals surface area contributed by atoms with Crippen molar-refractivity contribution in [3.8, 4) is 10.4 Å². The van der Waals surface area contributed by atoms with Crippen molar-refractivity contribution < 1.29 is 9.90 Å². The zero-order valence-electron chi connectivity index (χ0n) is 13.8. The summed E-state index contributed by atoms with van der Waals surface area (Å²) < 4.78 is 0.621. The lowest BCUT2D eigenvalue weighted by atomic mass is 10.1. The maximum Gasteiger partial charge on any atom is 0.357 e. The smallest absolute Gasteiger partial charge is 0.357 e. The van der Waals surface area contributed by atoms with Gasteiger partial charge in [-0.25, -0.2) is 4.79 Å². The second kappa shape index (κ2) is 7.19. The highest BCUT2D eigenvalue weighted by molar-refractivity contribution is 7.22. The van der Waals surface area contributed by atoms with Crippen LogP contribution in [0.4, 0.5) is 5.82 Å². The SMILES string of the molecule is O=C(O)c1nnc(NC2CCCCN2)c2cc(-c3ccc(Cl)cc3)sc12. The van der Waals surface area contributed by atoms with E-state index in [2.05, 4.69) is 20.8 Å². The summed E-state index contributed by atoms with van der Waals surface area (Å²) in [4.78, 5) is 12.5. The van der Waals surface area contributed by atoms with Crippen molar-refractivity contribution in [3.63, 3.8) is 0 Å². The predicted molar refractivity (Wildman–Crippen MR) is 104 cm³/mol. The first-order valence-corrected chi connectivity index (χ1v) is 9.60. The molecule has 4 rings (SSSR count). The van der Waals surface area contributed by atoms with Gasteiger partial charge in [-0.05, 0) is 49.6 Å². The van der Waals surface area contributed by atoms with Crippen molar-refractivity contribution >= 4 is 44.8 Å². The number of rotatable bonds is 4. The van der Waals surface area contributed by atoms with E-state index in [0.29, 0.717) is 15.5 Å². The summed E-state index contributed by atoms with van der Waals surface area (Å²) in [6.07, 6.45) is 3.43. The maximum atomic E-state index is 11.6. The van der Waals surface area contributed by atoms with E-state index >= 15 is 0 Å². The average molecular weight is 389 g/mol. The number of halogens is 1. The molecule has 1 atom stereocenters. The normalized spacial score (nSPS) is 17.3. The fourth-order valence-corrected chi connectivity index (χ4v) is 4.35. The number of carboxylic acid groups (broad SMARTS) is 1. The van der Waals surface area contributed by atoms with Crippen LogP contribution in [-0.2, 0) is 0 Å². The monoisotopic (exact) mass is 388 g/mol. The summed E-state index contributed by atoms with van der Waals surface area (Å²) in [6, 6.07) is 9.45. The average Bonchev–Trinajstić information content (AvgIpc) is 3.09. The van der Waals surface area contributed by atoms with E-state index in [-0.39, 0.29) is 11.9 Å². The van der Waals surface area contributed by atoms with Crippen molar-refractivity contribution in [2.45, 2.75) is 25.4 Å². The first kappa shape index (κ1) is 17.2. The molecule has 1 unspecified atom stereocenters. The molecule has 0 aliphatic carbocycles. The first-order valence-electron chi connectivity index (χ1n) is 8.41. The van der Waals surface area contributed by atoms with Gasteiger partial charge >= 0.3 is 5.97 Å². The molecule has 3 N–H and O–H groups in total. The minimum absolute atomic E-state index is 0.0210. The minimum atomic E-state index is -1.07. The highest BCUT2D eigenvalue weighted by Gasteiger charge is 2.21. The number of fused-ring (bicyclic) bond motifs is 1. The fourth-order valence-electron chi connectivity index (χ4n) is 3.09. The van der Waals surface area contributed by atoms with E-state index in [1.807, 2.05) is 30.3 Å². The Morgan fingerprint density at radius 1 is 1.27 bits per heavy atom. The van der Waals surface area contributed by atoms with Gasteiger partial charge in [0.25, 0.3) is 0 Å². The van der Waals surface area contributed by atoms with Crippen LogP contribution < -0.4 is 10.6 Å². The van der Waals surface area contributed by atoms with Gasteiger partial charge in [0.1, 0.15) is 0 Å². The summed E-state index contributed by atoms with van der Waals surface area (Å²) in [5.74, 6) is -0.463. The number of benzene rings is 1. The molecule has 1 fully saturated rings. The first-order chi connectivity index (χ1) is 12.6. The van der Waals surface area contributed by atoms with E-state index in [1.54, 1.807) is 0 Å². The predicted octanol–water partition coefficient (Wildman–Crippen LogP) is 4.22. The molecule has 0 radical (unpaired) electrons. The molecule has 0 bridgehead atoms. The Morgan fingerprint density at radius 3 is 2.77 bits per heavy atom. The molecule has 2 aromatic heterocycles. The van der Waals surface area contributed by atoms with E-state index < -0.39 is 5.97 Å². The molecular weight excluding hydrogens is 372 g/mol. The molecule has 1 saturated heterocycles. The van der Waals surface area contributed by atoms with Gasteiger partial charge in [0.2, 0.25) is 0 Å². The van der Waals surface area contributed by atoms with Crippen LogP contribution in [-0.4, -0.2) is 34.0 Å². The molecule has 0 amide bonds. The van der Waals surface area contributed by atoms with Crippen molar-refractivity contribution in [1.29, 1.82) is 0 Å². The Hall–Kier alpha value is -2.22. The Bertz CT molecular complexity index is 952. The largest absolute Gasteiger partial charge is 0.476 e. The Kier molecular flexibility index (Phi) is 4.76. The van der Waals surface area contributed by atoms with Crippen molar-refractivity contribution in [3.05, 3.63) is 41.0 Å². The van der Waals surface area contributed by atoms with Gasteiger partial charge in [0.05, 0.1) is 10.9 Å². The number of aromatic carboxylic acids is 1. The molecule has 0 spiro atoms. The number of nitrogens with zero attached hydrogens (tertiary/aromatic N) is 2. The van der Waals surface area contributed by atoms with Crippen LogP contribution in [0.3, 0.4) is 0 Å². The molecular formula is C18H17ClN4O2S.